The first kappa shape index (κ1) is 20.7. The molecule has 150 valence electrons. The van der Waals surface area contributed by atoms with Crippen molar-refractivity contribution in [1.82, 2.24) is 0 Å². The molecule has 1 amide bonds. The highest BCUT2D eigenvalue weighted by Crippen LogP contribution is 2.43. The summed E-state index contributed by atoms with van der Waals surface area (Å²) in [6, 6.07) is 15.8. The highest BCUT2D eigenvalue weighted by atomic mass is 16.1. The van der Waals surface area contributed by atoms with E-state index in [0.29, 0.717) is 11.6 Å². The van der Waals surface area contributed by atoms with Crippen LogP contribution in [0.2, 0.25) is 0 Å². The summed E-state index contributed by atoms with van der Waals surface area (Å²) >= 11 is 0. The Morgan fingerprint density at radius 2 is 1.97 bits per heavy atom. The number of aryl methyl sites for hydroxylation is 1. The minimum Gasteiger partial charge on any atom is -0.366 e. The SMILES string of the molecule is CCN1c2ccc(/C=C(/C#N)C(=O)Nc3ccc(C)cc3)cc2[C@H](C)CC1(C)C. The zero-order valence-electron chi connectivity index (χ0n) is 17.9. The van der Waals surface area contributed by atoms with Crippen molar-refractivity contribution in [3.63, 3.8) is 0 Å². The summed E-state index contributed by atoms with van der Waals surface area (Å²) in [5, 5.41) is 12.3. The first-order valence-corrected chi connectivity index (χ1v) is 10.2. The number of hydrogen-bond acceptors (Lipinski definition) is 3. The molecule has 0 saturated carbocycles. The molecule has 1 N–H and O–H groups in total. The van der Waals surface area contributed by atoms with Crippen LogP contribution in [-0.4, -0.2) is 18.0 Å². The van der Waals surface area contributed by atoms with Crippen molar-refractivity contribution in [2.75, 3.05) is 16.8 Å². The summed E-state index contributed by atoms with van der Waals surface area (Å²) in [7, 11) is 0. The number of hydrogen-bond donors (Lipinski definition) is 1. The Kier molecular flexibility index (Phi) is 5.79. The van der Waals surface area contributed by atoms with Crippen molar-refractivity contribution in [3.05, 3.63) is 64.7 Å². The minimum atomic E-state index is -0.390. The normalized spacial score (nSPS) is 18.0. The van der Waals surface area contributed by atoms with Crippen molar-refractivity contribution in [2.45, 2.75) is 52.5 Å². The number of benzene rings is 2. The van der Waals surface area contributed by atoms with Crippen LogP contribution in [-0.2, 0) is 4.79 Å². The Bertz CT molecular complexity index is 980. The van der Waals surface area contributed by atoms with E-state index in [2.05, 4.69) is 50.0 Å². The van der Waals surface area contributed by atoms with E-state index in [1.165, 1.54) is 11.3 Å². The number of carbonyl (C=O) groups excluding carboxylic acids is 1. The van der Waals surface area contributed by atoms with Gasteiger partial charge in [-0.3, -0.25) is 4.79 Å². The van der Waals surface area contributed by atoms with Gasteiger partial charge in [-0.1, -0.05) is 30.7 Å². The highest BCUT2D eigenvalue weighted by Gasteiger charge is 2.35. The number of nitrogens with one attached hydrogen (secondary N) is 1. The van der Waals surface area contributed by atoms with Crippen molar-refractivity contribution >= 4 is 23.4 Å². The predicted octanol–water partition coefficient (Wildman–Crippen LogP) is 5.65. The quantitative estimate of drug-likeness (QED) is 0.544. The van der Waals surface area contributed by atoms with E-state index in [0.717, 1.165) is 24.1 Å². The topological polar surface area (TPSA) is 56.1 Å². The minimum absolute atomic E-state index is 0.0988. The van der Waals surface area contributed by atoms with Crippen LogP contribution < -0.4 is 10.2 Å². The van der Waals surface area contributed by atoms with Gasteiger partial charge in [0.2, 0.25) is 0 Å². The zero-order valence-corrected chi connectivity index (χ0v) is 17.9. The summed E-state index contributed by atoms with van der Waals surface area (Å²) in [6.07, 6.45) is 2.74. The second-order valence-corrected chi connectivity index (χ2v) is 8.47. The van der Waals surface area contributed by atoms with Crippen LogP contribution in [0.25, 0.3) is 6.08 Å². The van der Waals surface area contributed by atoms with E-state index in [1.807, 2.05) is 43.3 Å². The maximum absolute atomic E-state index is 12.6. The molecule has 1 aliphatic rings. The third-order valence-electron chi connectivity index (χ3n) is 5.71. The molecule has 0 aromatic heterocycles. The average molecular weight is 388 g/mol. The van der Waals surface area contributed by atoms with Crippen LogP contribution in [0, 0.1) is 18.3 Å². The lowest BCUT2D eigenvalue weighted by atomic mass is 9.79. The number of nitriles is 1. The number of nitrogens with zero attached hydrogens (tertiary/aromatic N) is 2. The Balaban J connectivity index is 1.89. The van der Waals surface area contributed by atoms with Crippen LogP contribution in [0.5, 0.6) is 0 Å². The molecular weight excluding hydrogens is 358 g/mol. The zero-order chi connectivity index (χ0) is 21.2. The fraction of sp³-hybridized carbons (Fsp3) is 0.360. The van der Waals surface area contributed by atoms with E-state index in [9.17, 15) is 10.1 Å². The smallest absolute Gasteiger partial charge is 0.266 e. The standard InChI is InChI=1S/C25H29N3O/c1-6-28-23-12-9-19(14-22(23)18(3)15-25(28,4)5)13-20(16-26)24(29)27-21-10-7-17(2)8-11-21/h7-14,18H,6,15H2,1-5H3,(H,27,29)/b20-13-/t18-/m1/s1. The maximum Gasteiger partial charge on any atom is 0.266 e. The largest absolute Gasteiger partial charge is 0.366 e. The van der Waals surface area contributed by atoms with E-state index in [1.54, 1.807) is 6.08 Å². The van der Waals surface area contributed by atoms with Crippen LogP contribution in [0.3, 0.4) is 0 Å². The van der Waals surface area contributed by atoms with Gasteiger partial charge in [-0.2, -0.15) is 5.26 Å². The third kappa shape index (κ3) is 4.35. The van der Waals surface area contributed by atoms with Gasteiger partial charge in [0.1, 0.15) is 11.6 Å². The molecule has 0 bridgehead atoms. The van der Waals surface area contributed by atoms with E-state index >= 15 is 0 Å². The molecule has 3 rings (SSSR count). The lowest BCUT2D eigenvalue weighted by Crippen LogP contribution is -2.48. The van der Waals surface area contributed by atoms with E-state index in [4.69, 9.17) is 0 Å². The molecule has 0 aliphatic carbocycles. The lowest BCUT2D eigenvalue weighted by molar-refractivity contribution is -0.112. The molecule has 1 atom stereocenters. The van der Waals surface area contributed by atoms with Gasteiger partial charge in [0, 0.05) is 23.5 Å². The van der Waals surface area contributed by atoms with Gasteiger partial charge in [-0.05, 0) is 81.5 Å². The van der Waals surface area contributed by atoms with E-state index in [-0.39, 0.29) is 11.1 Å². The Hall–Kier alpha value is -3.06. The fourth-order valence-electron chi connectivity index (χ4n) is 4.35. The lowest BCUT2D eigenvalue weighted by Gasteiger charge is -2.47. The Labute approximate surface area is 173 Å². The maximum atomic E-state index is 12.6. The molecule has 0 radical (unpaired) electrons. The van der Waals surface area contributed by atoms with E-state index < -0.39 is 5.91 Å². The fourth-order valence-corrected chi connectivity index (χ4v) is 4.35. The van der Waals surface area contributed by atoms with Crippen LogP contribution >= 0.6 is 0 Å². The van der Waals surface area contributed by atoms with Gasteiger partial charge in [0.05, 0.1) is 0 Å². The summed E-state index contributed by atoms with van der Waals surface area (Å²) in [4.78, 5) is 15.0. The first-order valence-electron chi connectivity index (χ1n) is 10.2. The molecule has 0 spiro atoms. The molecule has 2 aromatic rings. The van der Waals surface area contributed by atoms with Crippen molar-refractivity contribution in [2.24, 2.45) is 0 Å². The Morgan fingerprint density at radius 1 is 1.28 bits per heavy atom. The molecule has 29 heavy (non-hydrogen) atoms. The monoisotopic (exact) mass is 387 g/mol. The van der Waals surface area contributed by atoms with Crippen molar-refractivity contribution in [1.29, 1.82) is 5.26 Å². The van der Waals surface area contributed by atoms with Crippen LogP contribution in [0.4, 0.5) is 11.4 Å². The van der Waals surface area contributed by atoms with Gasteiger partial charge in [0.15, 0.2) is 0 Å². The van der Waals surface area contributed by atoms with Gasteiger partial charge in [0.25, 0.3) is 5.91 Å². The molecule has 0 fully saturated rings. The van der Waals surface area contributed by atoms with Crippen LogP contribution in [0.1, 0.15) is 56.7 Å². The number of fused-ring (bicyclic) bond motifs is 1. The highest BCUT2D eigenvalue weighted by molar-refractivity contribution is 6.09. The molecular formula is C25H29N3O. The molecule has 2 aromatic carbocycles. The average Bonchev–Trinajstić information content (AvgIpc) is 2.67. The second-order valence-electron chi connectivity index (χ2n) is 8.47. The molecule has 0 unspecified atom stereocenters. The summed E-state index contributed by atoms with van der Waals surface area (Å²) in [5.41, 5.74) is 5.41. The Morgan fingerprint density at radius 3 is 2.59 bits per heavy atom. The van der Waals surface area contributed by atoms with Gasteiger partial charge < -0.3 is 10.2 Å². The molecule has 0 saturated heterocycles. The number of anilines is 2. The van der Waals surface area contributed by atoms with Gasteiger partial charge in [-0.15, -0.1) is 0 Å². The predicted molar refractivity (Wildman–Crippen MR) is 120 cm³/mol. The number of carbonyl (C=O) groups is 1. The van der Waals surface area contributed by atoms with Gasteiger partial charge >= 0.3 is 0 Å². The first-order chi connectivity index (χ1) is 13.7. The third-order valence-corrected chi connectivity index (χ3v) is 5.71. The summed E-state index contributed by atoms with van der Waals surface area (Å²) < 4.78 is 0. The molecule has 1 aliphatic heterocycles. The van der Waals surface area contributed by atoms with Crippen molar-refractivity contribution in [3.8, 4) is 6.07 Å². The number of amides is 1. The molecule has 4 nitrogen and oxygen atoms in total. The number of rotatable bonds is 4. The molecule has 1 heterocycles. The van der Waals surface area contributed by atoms with Crippen LogP contribution in [0.15, 0.2) is 48.0 Å². The molecule has 4 heteroatoms. The van der Waals surface area contributed by atoms with Crippen molar-refractivity contribution < 1.29 is 4.79 Å². The summed E-state index contributed by atoms with van der Waals surface area (Å²) in [5.74, 6) is 0.0292. The summed E-state index contributed by atoms with van der Waals surface area (Å²) in [6.45, 7) is 11.9. The van der Waals surface area contributed by atoms with Gasteiger partial charge in [-0.25, -0.2) is 0 Å². The second kappa shape index (κ2) is 8.13.